The molecule has 0 aliphatic heterocycles. The first kappa shape index (κ1) is 15.9. The highest BCUT2D eigenvalue weighted by molar-refractivity contribution is 7.99. The van der Waals surface area contributed by atoms with Crippen LogP contribution in [0.15, 0.2) is 69.6 Å². The Labute approximate surface area is 155 Å². The van der Waals surface area contributed by atoms with Gasteiger partial charge in [0.2, 0.25) is 0 Å². The SMILES string of the molecule is [O]c1ccccc1Sc1nc2c3ccc(F)cc3c3c(=O)[nH]ccc3c2[nH]1. The van der Waals surface area contributed by atoms with E-state index < -0.39 is 5.82 Å². The van der Waals surface area contributed by atoms with Crippen molar-refractivity contribution in [3.8, 4) is 5.75 Å². The van der Waals surface area contributed by atoms with Crippen LogP contribution in [0.1, 0.15) is 0 Å². The molecule has 3 aromatic carbocycles. The van der Waals surface area contributed by atoms with Crippen LogP contribution in [0.2, 0.25) is 0 Å². The first-order valence-electron chi connectivity index (χ1n) is 8.18. The Morgan fingerprint density at radius 3 is 2.70 bits per heavy atom. The van der Waals surface area contributed by atoms with E-state index in [-0.39, 0.29) is 11.3 Å². The number of benzene rings is 3. The molecule has 2 aromatic heterocycles. The second-order valence-corrected chi connectivity index (χ2v) is 7.13. The predicted octanol–water partition coefficient (Wildman–Crippen LogP) is 4.99. The minimum atomic E-state index is -0.420. The number of nitrogens with one attached hydrogen (secondary N) is 2. The molecule has 2 N–H and O–H groups in total. The van der Waals surface area contributed by atoms with Crippen LogP contribution >= 0.6 is 11.8 Å². The van der Waals surface area contributed by atoms with Gasteiger partial charge in [-0.15, -0.1) is 0 Å². The number of aromatic amines is 2. The smallest absolute Gasteiger partial charge is 0.256 e. The molecule has 27 heavy (non-hydrogen) atoms. The molecule has 0 aliphatic rings. The Hall–Kier alpha value is -3.32. The summed E-state index contributed by atoms with van der Waals surface area (Å²) in [5.74, 6) is -0.506. The predicted molar refractivity (Wildman–Crippen MR) is 102 cm³/mol. The Morgan fingerprint density at radius 2 is 1.85 bits per heavy atom. The molecule has 0 fully saturated rings. The maximum Gasteiger partial charge on any atom is 0.256 e. The van der Waals surface area contributed by atoms with Gasteiger partial charge in [0.25, 0.3) is 5.56 Å². The molecule has 1 radical (unpaired) electrons. The molecule has 0 saturated carbocycles. The normalized spacial score (nSPS) is 11.6. The van der Waals surface area contributed by atoms with E-state index in [4.69, 9.17) is 0 Å². The highest BCUT2D eigenvalue weighted by atomic mass is 32.2. The summed E-state index contributed by atoms with van der Waals surface area (Å²) in [5.41, 5.74) is 1.02. The maximum absolute atomic E-state index is 13.9. The van der Waals surface area contributed by atoms with Gasteiger partial charge in [-0.2, -0.15) is 0 Å². The zero-order valence-corrected chi connectivity index (χ0v) is 14.6. The summed E-state index contributed by atoms with van der Waals surface area (Å²) >= 11 is 1.23. The van der Waals surface area contributed by atoms with E-state index >= 15 is 0 Å². The number of imidazole rings is 1. The monoisotopic (exact) mass is 376 g/mol. The van der Waals surface area contributed by atoms with E-state index in [1.807, 2.05) is 0 Å². The number of aromatic nitrogens is 3. The molecule has 131 valence electrons. The van der Waals surface area contributed by atoms with Gasteiger partial charge < -0.3 is 9.97 Å². The number of fused-ring (bicyclic) bond motifs is 6. The lowest BCUT2D eigenvalue weighted by Crippen LogP contribution is -2.05. The van der Waals surface area contributed by atoms with Crippen molar-refractivity contribution < 1.29 is 9.50 Å². The van der Waals surface area contributed by atoms with E-state index in [1.54, 1.807) is 36.5 Å². The van der Waals surface area contributed by atoms with Crippen molar-refractivity contribution in [2.75, 3.05) is 0 Å². The average Bonchev–Trinajstić information content (AvgIpc) is 3.07. The van der Waals surface area contributed by atoms with Gasteiger partial charge in [0.15, 0.2) is 10.9 Å². The average molecular weight is 376 g/mol. The number of halogens is 1. The lowest BCUT2D eigenvalue weighted by Gasteiger charge is -2.05. The third kappa shape index (κ3) is 2.47. The van der Waals surface area contributed by atoms with Gasteiger partial charge in [-0.3, -0.25) is 9.90 Å². The number of H-pyrrole nitrogens is 2. The molecule has 0 atom stereocenters. The summed E-state index contributed by atoms with van der Waals surface area (Å²) in [6, 6.07) is 12.8. The highest BCUT2D eigenvalue weighted by Gasteiger charge is 2.16. The van der Waals surface area contributed by atoms with Crippen molar-refractivity contribution in [2.45, 2.75) is 10.1 Å². The molecule has 0 saturated heterocycles. The van der Waals surface area contributed by atoms with Crippen LogP contribution in [0.5, 0.6) is 5.75 Å². The first-order chi connectivity index (χ1) is 13.1. The Balaban J connectivity index is 1.85. The van der Waals surface area contributed by atoms with Crippen molar-refractivity contribution >= 4 is 44.3 Å². The number of pyridine rings is 1. The fourth-order valence-electron chi connectivity index (χ4n) is 3.31. The molecule has 0 bridgehead atoms. The number of nitrogens with zero attached hydrogens (tertiary/aromatic N) is 1. The summed E-state index contributed by atoms with van der Waals surface area (Å²) in [7, 11) is 0. The molecule has 0 spiro atoms. The van der Waals surface area contributed by atoms with Gasteiger partial charge in [-0.25, -0.2) is 9.37 Å². The van der Waals surface area contributed by atoms with Gasteiger partial charge in [0.05, 0.1) is 21.3 Å². The summed E-state index contributed by atoms with van der Waals surface area (Å²) < 4.78 is 13.9. The minimum absolute atomic E-state index is 0.0869. The number of para-hydroxylation sites is 1. The molecule has 5 rings (SSSR count). The van der Waals surface area contributed by atoms with Crippen molar-refractivity contribution in [3.05, 3.63) is 70.9 Å². The molecular formula is C20H11FN3O2S. The quantitative estimate of drug-likeness (QED) is 0.426. The molecule has 5 nitrogen and oxygen atoms in total. The Kier molecular flexibility index (Phi) is 3.45. The lowest BCUT2D eigenvalue weighted by molar-refractivity contribution is 0.344. The van der Waals surface area contributed by atoms with Crippen LogP contribution in [0.4, 0.5) is 4.39 Å². The van der Waals surface area contributed by atoms with Crippen LogP contribution in [0.25, 0.3) is 32.6 Å². The second kappa shape index (κ2) is 5.85. The Bertz CT molecular complexity index is 1410. The molecule has 0 amide bonds. The first-order valence-corrected chi connectivity index (χ1v) is 9.00. The van der Waals surface area contributed by atoms with Crippen LogP contribution in [0, 0.1) is 5.82 Å². The van der Waals surface area contributed by atoms with E-state index in [2.05, 4.69) is 15.0 Å². The van der Waals surface area contributed by atoms with Crippen LogP contribution in [0.3, 0.4) is 0 Å². The molecule has 2 heterocycles. The summed E-state index contributed by atoms with van der Waals surface area (Å²) in [4.78, 5) is 23.5. The zero-order valence-electron chi connectivity index (χ0n) is 13.7. The van der Waals surface area contributed by atoms with Gasteiger partial charge >= 0.3 is 0 Å². The van der Waals surface area contributed by atoms with Crippen molar-refractivity contribution in [2.24, 2.45) is 0 Å². The van der Waals surface area contributed by atoms with E-state index in [1.165, 1.54) is 30.0 Å². The second-order valence-electron chi connectivity index (χ2n) is 6.10. The zero-order chi connectivity index (χ0) is 18.5. The fourth-order valence-corrected chi connectivity index (χ4v) is 4.13. The highest BCUT2D eigenvalue weighted by Crippen LogP contribution is 2.37. The van der Waals surface area contributed by atoms with Crippen LogP contribution in [-0.2, 0) is 5.11 Å². The van der Waals surface area contributed by atoms with Gasteiger partial charge in [-0.05, 0) is 48.2 Å². The maximum atomic E-state index is 13.9. The lowest BCUT2D eigenvalue weighted by atomic mass is 10.0. The van der Waals surface area contributed by atoms with Crippen LogP contribution < -0.4 is 5.56 Å². The Morgan fingerprint density at radius 1 is 1.00 bits per heavy atom. The van der Waals surface area contributed by atoms with Gasteiger partial charge in [0.1, 0.15) is 5.82 Å². The van der Waals surface area contributed by atoms with Crippen molar-refractivity contribution in [1.29, 1.82) is 0 Å². The summed E-state index contributed by atoms with van der Waals surface area (Å²) in [6.07, 6.45) is 1.55. The molecular weight excluding hydrogens is 365 g/mol. The van der Waals surface area contributed by atoms with E-state index in [0.717, 1.165) is 0 Å². The van der Waals surface area contributed by atoms with Gasteiger partial charge in [-0.1, -0.05) is 12.1 Å². The molecule has 0 unspecified atom stereocenters. The minimum Gasteiger partial charge on any atom is -0.332 e. The summed E-state index contributed by atoms with van der Waals surface area (Å²) in [6.45, 7) is 0. The number of hydrogen-bond acceptors (Lipinski definition) is 3. The largest absolute Gasteiger partial charge is 0.332 e. The van der Waals surface area contributed by atoms with Gasteiger partial charge in [0, 0.05) is 22.4 Å². The molecule has 5 aromatic rings. The topological polar surface area (TPSA) is 81.4 Å². The van der Waals surface area contributed by atoms with Crippen molar-refractivity contribution in [1.82, 2.24) is 15.0 Å². The third-order valence-corrected chi connectivity index (χ3v) is 5.42. The third-order valence-electron chi connectivity index (χ3n) is 4.47. The number of rotatable bonds is 2. The number of hydrogen-bond donors (Lipinski definition) is 2. The van der Waals surface area contributed by atoms with E-state index in [0.29, 0.717) is 42.6 Å². The molecule has 7 heteroatoms. The standard InChI is InChI=1S/C20H11FN3O2S/c21-10-5-6-11-13(9-10)16-12(7-8-22-19(16)26)18-17(11)23-20(24-18)27-15-4-2-1-3-14(15)25/h1-9H,(H,22,26)(H,23,24). The fraction of sp³-hybridized carbons (Fsp3) is 0. The summed E-state index contributed by atoms with van der Waals surface area (Å²) in [5, 5.41) is 14.8. The van der Waals surface area contributed by atoms with Crippen molar-refractivity contribution in [3.63, 3.8) is 0 Å². The molecule has 0 aliphatic carbocycles. The van der Waals surface area contributed by atoms with E-state index in [9.17, 15) is 14.3 Å². The van der Waals surface area contributed by atoms with Crippen LogP contribution in [-0.4, -0.2) is 15.0 Å².